The average molecular weight is 463 g/mol. The first-order chi connectivity index (χ1) is 15.0. The number of amides is 1. The van der Waals surface area contributed by atoms with E-state index in [1.54, 1.807) is 12.1 Å². The molecule has 0 spiro atoms. The molecular weight excluding hydrogens is 447 g/mol. The molecule has 0 aromatic heterocycles. The molecule has 0 heterocycles. The summed E-state index contributed by atoms with van der Waals surface area (Å²) in [5, 5.41) is 13.0. The minimum Gasteiger partial charge on any atom is -0.508 e. The van der Waals surface area contributed by atoms with Crippen molar-refractivity contribution in [2.75, 3.05) is 4.72 Å². The Balaban J connectivity index is 1.74. The fraction of sp³-hybridized carbons (Fsp3) is 0.0476. The molecule has 0 saturated carbocycles. The zero-order chi connectivity index (χ0) is 23.4. The molecule has 0 aliphatic carbocycles. The highest BCUT2D eigenvalue weighted by atomic mass is 32.2. The highest BCUT2D eigenvalue weighted by Crippen LogP contribution is 2.31. The van der Waals surface area contributed by atoms with Crippen LogP contribution in [0.2, 0.25) is 0 Å². The van der Waals surface area contributed by atoms with Crippen LogP contribution in [0.25, 0.3) is 0 Å². The van der Waals surface area contributed by atoms with Crippen molar-refractivity contribution in [2.24, 2.45) is 5.10 Å². The lowest BCUT2D eigenvalue weighted by Gasteiger charge is -2.12. The second-order valence-electron chi connectivity index (χ2n) is 6.50. The fourth-order valence-corrected chi connectivity index (χ4v) is 3.66. The van der Waals surface area contributed by atoms with Crippen LogP contribution in [0.4, 0.5) is 18.9 Å². The predicted octanol–water partition coefficient (Wildman–Crippen LogP) is 3.98. The average Bonchev–Trinajstić information content (AvgIpc) is 2.74. The number of nitrogens with one attached hydrogen (secondary N) is 2. The molecule has 3 aromatic rings. The van der Waals surface area contributed by atoms with Gasteiger partial charge in [0, 0.05) is 11.3 Å². The highest BCUT2D eigenvalue weighted by Gasteiger charge is 2.30. The Bertz CT molecular complexity index is 1260. The fourth-order valence-electron chi connectivity index (χ4n) is 2.57. The molecule has 3 rings (SSSR count). The maximum atomic E-state index is 12.8. The summed E-state index contributed by atoms with van der Waals surface area (Å²) in [5.74, 6) is -0.626. The van der Waals surface area contributed by atoms with E-state index in [-0.39, 0.29) is 21.9 Å². The number of phenolic OH excluding ortho intramolecular Hbond substituents is 1. The molecule has 3 N–H and O–H groups in total. The number of carbonyl (C=O) groups is 1. The number of alkyl halides is 3. The molecule has 3 aromatic carbocycles. The van der Waals surface area contributed by atoms with Gasteiger partial charge in [0.15, 0.2) is 0 Å². The molecule has 32 heavy (non-hydrogen) atoms. The molecule has 0 unspecified atom stereocenters. The summed E-state index contributed by atoms with van der Waals surface area (Å²) < 4.78 is 65.8. The normalized spacial score (nSPS) is 12.0. The quantitative estimate of drug-likeness (QED) is 0.380. The molecular formula is C21H16F3N3O4S. The summed E-state index contributed by atoms with van der Waals surface area (Å²) >= 11 is 0. The zero-order valence-electron chi connectivity index (χ0n) is 16.2. The van der Waals surface area contributed by atoms with Crippen molar-refractivity contribution in [3.8, 4) is 5.75 Å². The van der Waals surface area contributed by atoms with Crippen LogP contribution in [-0.4, -0.2) is 25.6 Å². The van der Waals surface area contributed by atoms with Gasteiger partial charge >= 0.3 is 6.18 Å². The minimum absolute atomic E-state index is 0.0280. The van der Waals surface area contributed by atoms with Crippen LogP contribution in [0.5, 0.6) is 5.75 Å². The highest BCUT2D eigenvalue weighted by molar-refractivity contribution is 7.92. The van der Waals surface area contributed by atoms with Gasteiger partial charge in [-0.3, -0.25) is 9.52 Å². The van der Waals surface area contributed by atoms with Crippen LogP contribution in [0.1, 0.15) is 21.5 Å². The second-order valence-corrected chi connectivity index (χ2v) is 8.18. The number of sulfonamides is 1. The van der Waals surface area contributed by atoms with Crippen LogP contribution in [0.15, 0.2) is 82.8 Å². The third-order valence-corrected chi connectivity index (χ3v) is 5.50. The lowest BCUT2D eigenvalue weighted by atomic mass is 10.2. The topological polar surface area (TPSA) is 108 Å². The number of hydrogen-bond acceptors (Lipinski definition) is 5. The van der Waals surface area contributed by atoms with E-state index in [0.29, 0.717) is 11.6 Å². The largest absolute Gasteiger partial charge is 0.508 e. The van der Waals surface area contributed by atoms with Gasteiger partial charge < -0.3 is 5.11 Å². The molecule has 0 aliphatic heterocycles. The number of carbonyl (C=O) groups excluding carboxylic acids is 1. The molecule has 0 bridgehead atoms. The first-order valence-electron chi connectivity index (χ1n) is 8.97. The molecule has 0 radical (unpaired) electrons. The van der Waals surface area contributed by atoms with Gasteiger partial charge in [-0.05, 0) is 66.2 Å². The molecule has 11 heteroatoms. The van der Waals surface area contributed by atoms with Crippen molar-refractivity contribution < 1.29 is 31.5 Å². The van der Waals surface area contributed by atoms with Crippen molar-refractivity contribution in [1.29, 1.82) is 0 Å². The smallest absolute Gasteiger partial charge is 0.416 e. The van der Waals surface area contributed by atoms with Gasteiger partial charge in [-0.15, -0.1) is 0 Å². The number of benzene rings is 3. The Kier molecular flexibility index (Phi) is 6.49. The van der Waals surface area contributed by atoms with E-state index in [2.05, 4.69) is 15.2 Å². The summed E-state index contributed by atoms with van der Waals surface area (Å²) in [4.78, 5) is 12.0. The number of anilines is 1. The Morgan fingerprint density at radius 3 is 2.34 bits per heavy atom. The maximum absolute atomic E-state index is 12.8. The lowest BCUT2D eigenvalue weighted by molar-refractivity contribution is -0.137. The Hall–Kier alpha value is -3.86. The van der Waals surface area contributed by atoms with E-state index in [1.165, 1.54) is 42.6 Å². The van der Waals surface area contributed by atoms with Gasteiger partial charge in [-0.25, -0.2) is 13.8 Å². The van der Waals surface area contributed by atoms with E-state index >= 15 is 0 Å². The van der Waals surface area contributed by atoms with Crippen molar-refractivity contribution in [3.05, 3.63) is 89.5 Å². The lowest BCUT2D eigenvalue weighted by Crippen LogP contribution is -2.19. The van der Waals surface area contributed by atoms with E-state index in [0.717, 1.165) is 18.2 Å². The van der Waals surface area contributed by atoms with E-state index in [4.69, 9.17) is 0 Å². The molecule has 0 atom stereocenters. The van der Waals surface area contributed by atoms with Crippen LogP contribution in [0, 0.1) is 0 Å². The van der Waals surface area contributed by atoms with Gasteiger partial charge in [-0.2, -0.15) is 18.3 Å². The standard InChI is InChI=1S/C21H16F3N3O4S/c22-21(23,24)16-4-2-5-17(12-16)27-32(30,31)19-6-1-3-15(11-19)20(29)26-25-13-14-7-9-18(28)10-8-14/h1-13,27-28H,(H,26,29)/b25-13+. The summed E-state index contributed by atoms with van der Waals surface area (Å²) in [6.07, 6.45) is -3.30. The number of halogens is 3. The molecule has 0 saturated heterocycles. The summed E-state index contributed by atoms with van der Waals surface area (Å²) in [6.45, 7) is 0. The zero-order valence-corrected chi connectivity index (χ0v) is 17.0. The Labute approximate surface area is 181 Å². The first-order valence-corrected chi connectivity index (χ1v) is 10.5. The Morgan fingerprint density at radius 1 is 0.969 bits per heavy atom. The first kappa shape index (κ1) is 22.8. The molecule has 0 aliphatic rings. The maximum Gasteiger partial charge on any atom is 0.416 e. The number of hydrazone groups is 1. The number of nitrogens with zero attached hydrogens (tertiary/aromatic N) is 1. The number of aromatic hydroxyl groups is 1. The van der Waals surface area contributed by atoms with Gasteiger partial charge in [0.25, 0.3) is 15.9 Å². The summed E-state index contributed by atoms with van der Waals surface area (Å²) in [5.41, 5.74) is 1.54. The third kappa shape index (κ3) is 5.85. The second kappa shape index (κ2) is 9.10. The van der Waals surface area contributed by atoms with Gasteiger partial charge in [0.1, 0.15) is 5.75 Å². The summed E-state index contributed by atoms with van der Waals surface area (Å²) in [7, 11) is -4.26. The van der Waals surface area contributed by atoms with Crippen LogP contribution < -0.4 is 10.1 Å². The van der Waals surface area contributed by atoms with E-state index in [1.807, 2.05) is 0 Å². The molecule has 7 nitrogen and oxygen atoms in total. The third-order valence-electron chi connectivity index (χ3n) is 4.12. The SMILES string of the molecule is O=C(N/N=C/c1ccc(O)cc1)c1cccc(S(=O)(=O)Nc2cccc(C(F)(F)F)c2)c1. The molecule has 166 valence electrons. The number of hydrogen-bond donors (Lipinski definition) is 3. The van der Waals surface area contributed by atoms with Crippen LogP contribution >= 0.6 is 0 Å². The van der Waals surface area contributed by atoms with Crippen molar-refractivity contribution >= 4 is 27.8 Å². The monoisotopic (exact) mass is 463 g/mol. The van der Waals surface area contributed by atoms with Crippen molar-refractivity contribution in [2.45, 2.75) is 11.1 Å². The van der Waals surface area contributed by atoms with Gasteiger partial charge in [0.2, 0.25) is 0 Å². The van der Waals surface area contributed by atoms with E-state index in [9.17, 15) is 31.5 Å². The van der Waals surface area contributed by atoms with Crippen LogP contribution in [-0.2, 0) is 16.2 Å². The number of phenols is 1. The van der Waals surface area contributed by atoms with E-state index < -0.39 is 27.7 Å². The van der Waals surface area contributed by atoms with Crippen LogP contribution in [0.3, 0.4) is 0 Å². The molecule has 0 fully saturated rings. The minimum atomic E-state index is -4.62. The molecule has 1 amide bonds. The Morgan fingerprint density at radius 2 is 1.66 bits per heavy atom. The van der Waals surface area contributed by atoms with Crippen molar-refractivity contribution in [3.63, 3.8) is 0 Å². The number of rotatable bonds is 6. The summed E-state index contributed by atoms with van der Waals surface area (Å²) in [6, 6.07) is 14.7. The van der Waals surface area contributed by atoms with Crippen molar-refractivity contribution in [1.82, 2.24) is 5.43 Å². The predicted molar refractivity (Wildman–Crippen MR) is 112 cm³/mol. The van der Waals surface area contributed by atoms with Gasteiger partial charge in [0.05, 0.1) is 16.7 Å². The van der Waals surface area contributed by atoms with Gasteiger partial charge in [-0.1, -0.05) is 12.1 Å².